The minimum Gasteiger partial charge on any atom is -0.463 e. The molecule has 1 saturated heterocycles. The van der Waals surface area contributed by atoms with Gasteiger partial charge in [0.2, 0.25) is 11.8 Å². The van der Waals surface area contributed by atoms with Crippen LogP contribution in [0.1, 0.15) is 24.2 Å². The van der Waals surface area contributed by atoms with E-state index in [2.05, 4.69) is 10.6 Å². The first-order valence-corrected chi connectivity index (χ1v) is 9.42. The predicted octanol–water partition coefficient (Wildman–Crippen LogP) is 1.35. The molecule has 0 atom stereocenters. The van der Waals surface area contributed by atoms with E-state index in [9.17, 15) is 19.2 Å². The SMILES string of the molecule is CCNC(=O)c1cccc(NC(=O)CN2C(=O)CS/C2=C\C(=O)OCC)c1. The normalized spacial score (nSPS) is 15.0. The minimum absolute atomic E-state index is 0.158. The Morgan fingerprint density at radius 2 is 2.07 bits per heavy atom. The van der Waals surface area contributed by atoms with E-state index in [1.165, 1.54) is 22.7 Å². The number of amides is 3. The molecule has 9 heteroatoms. The molecule has 0 bridgehead atoms. The molecule has 1 aliphatic rings. The van der Waals surface area contributed by atoms with Gasteiger partial charge in [-0.15, -0.1) is 0 Å². The van der Waals surface area contributed by atoms with Gasteiger partial charge in [0, 0.05) is 17.8 Å². The van der Waals surface area contributed by atoms with E-state index in [4.69, 9.17) is 4.74 Å². The van der Waals surface area contributed by atoms with Crippen LogP contribution in [0.15, 0.2) is 35.4 Å². The summed E-state index contributed by atoms with van der Waals surface area (Å²) < 4.78 is 4.84. The van der Waals surface area contributed by atoms with Crippen molar-refractivity contribution in [1.29, 1.82) is 0 Å². The van der Waals surface area contributed by atoms with Crippen molar-refractivity contribution in [2.24, 2.45) is 0 Å². The van der Waals surface area contributed by atoms with E-state index < -0.39 is 11.9 Å². The zero-order valence-corrected chi connectivity index (χ0v) is 15.9. The molecular weight excluding hydrogens is 370 g/mol. The monoisotopic (exact) mass is 391 g/mol. The molecule has 1 aliphatic heterocycles. The molecule has 1 fully saturated rings. The minimum atomic E-state index is -0.560. The second kappa shape index (κ2) is 9.77. The van der Waals surface area contributed by atoms with Crippen molar-refractivity contribution < 1.29 is 23.9 Å². The highest BCUT2D eigenvalue weighted by Crippen LogP contribution is 2.28. The Bertz CT molecular complexity index is 778. The molecular formula is C18H21N3O5S. The predicted molar refractivity (Wildman–Crippen MR) is 102 cm³/mol. The van der Waals surface area contributed by atoms with Crippen LogP contribution in [0.4, 0.5) is 5.69 Å². The Morgan fingerprint density at radius 3 is 2.78 bits per heavy atom. The van der Waals surface area contributed by atoms with Gasteiger partial charge in [-0.3, -0.25) is 19.3 Å². The molecule has 0 spiro atoms. The lowest BCUT2D eigenvalue weighted by molar-refractivity contribution is -0.137. The molecule has 8 nitrogen and oxygen atoms in total. The summed E-state index contributed by atoms with van der Waals surface area (Å²) in [6, 6.07) is 6.50. The lowest BCUT2D eigenvalue weighted by Gasteiger charge is -2.16. The Hall–Kier alpha value is -2.81. The third-order valence-electron chi connectivity index (χ3n) is 3.49. The lowest BCUT2D eigenvalue weighted by Crippen LogP contribution is -2.34. The number of rotatable bonds is 7. The van der Waals surface area contributed by atoms with Crippen molar-refractivity contribution in [2.75, 3.05) is 30.8 Å². The summed E-state index contributed by atoms with van der Waals surface area (Å²) in [4.78, 5) is 49.0. The van der Waals surface area contributed by atoms with Crippen molar-refractivity contribution in [2.45, 2.75) is 13.8 Å². The molecule has 144 valence electrons. The van der Waals surface area contributed by atoms with Crippen LogP contribution in [-0.2, 0) is 19.1 Å². The molecule has 2 N–H and O–H groups in total. The van der Waals surface area contributed by atoms with Gasteiger partial charge in [0.05, 0.1) is 23.5 Å². The third kappa shape index (κ3) is 5.85. The maximum absolute atomic E-state index is 12.3. The summed E-state index contributed by atoms with van der Waals surface area (Å²) in [7, 11) is 0. The number of carbonyl (C=O) groups excluding carboxylic acids is 4. The second-order valence-electron chi connectivity index (χ2n) is 5.49. The van der Waals surface area contributed by atoms with Gasteiger partial charge >= 0.3 is 5.97 Å². The first kappa shape index (κ1) is 20.5. The fourth-order valence-corrected chi connectivity index (χ4v) is 3.26. The smallest absolute Gasteiger partial charge is 0.333 e. The fourth-order valence-electron chi connectivity index (χ4n) is 2.33. The van der Waals surface area contributed by atoms with Crippen LogP contribution in [-0.4, -0.2) is 54.0 Å². The summed E-state index contributed by atoms with van der Waals surface area (Å²) in [5.41, 5.74) is 0.865. The molecule has 0 radical (unpaired) electrons. The number of anilines is 1. The van der Waals surface area contributed by atoms with Gasteiger partial charge in [0.25, 0.3) is 5.91 Å². The lowest BCUT2D eigenvalue weighted by atomic mass is 10.2. The Balaban J connectivity index is 2.04. The number of hydrogen-bond acceptors (Lipinski definition) is 6. The van der Waals surface area contributed by atoms with E-state index >= 15 is 0 Å². The number of hydrogen-bond donors (Lipinski definition) is 2. The maximum Gasteiger partial charge on any atom is 0.333 e. The van der Waals surface area contributed by atoms with Crippen LogP contribution in [0.25, 0.3) is 0 Å². The van der Waals surface area contributed by atoms with Gasteiger partial charge < -0.3 is 15.4 Å². The molecule has 1 heterocycles. The van der Waals surface area contributed by atoms with E-state index in [1.807, 2.05) is 6.92 Å². The van der Waals surface area contributed by atoms with Gasteiger partial charge in [-0.05, 0) is 32.0 Å². The van der Waals surface area contributed by atoms with Crippen molar-refractivity contribution in [3.63, 3.8) is 0 Å². The first-order chi connectivity index (χ1) is 12.9. The Labute approximate surface area is 161 Å². The number of ether oxygens (including phenoxy) is 1. The average molecular weight is 391 g/mol. The number of thioether (sulfide) groups is 1. The van der Waals surface area contributed by atoms with Crippen molar-refractivity contribution in [3.8, 4) is 0 Å². The molecule has 0 unspecified atom stereocenters. The fraction of sp³-hybridized carbons (Fsp3) is 0.333. The summed E-state index contributed by atoms with van der Waals surface area (Å²) in [6.07, 6.45) is 1.21. The third-order valence-corrected chi connectivity index (χ3v) is 4.51. The molecule has 1 aromatic rings. The average Bonchev–Trinajstić information content (AvgIpc) is 2.95. The highest BCUT2D eigenvalue weighted by atomic mass is 32.2. The Morgan fingerprint density at radius 1 is 1.30 bits per heavy atom. The largest absolute Gasteiger partial charge is 0.463 e. The van der Waals surface area contributed by atoms with Crippen LogP contribution in [0.2, 0.25) is 0 Å². The summed E-state index contributed by atoms with van der Waals surface area (Å²) in [5.74, 6) is -1.34. The molecule has 27 heavy (non-hydrogen) atoms. The number of nitrogens with one attached hydrogen (secondary N) is 2. The highest BCUT2D eigenvalue weighted by molar-refractivity contribution is 8.04. The van der Waals surface area contributed by atoms with E-state index in [0.29, 0.717) is 22.8 Å². The molecule has 0 aromatic heterocycles. The van der Waals surface area contributed by atoms with Crippen LogP contribution in [0.5, 0.6) is 0 Å². The summed E-state index contributed by atoms with van der Waals surface area (Å²) >= 11 is 1.18. The highest BCUT2D eigenvalue weighted by Gasteiger charge is 2.29. The van der Waals surface area contributed by atoms with E-state index in [-0.39, 0.29) is 30.7 Å². The van der Waals surface area contributed by atoms with Gasteiger partial charge in [0.15, 0.2) is 0 Å². The number of nitrogens with zero attached hydrogens (tertiary/aromatic N) is 1. The first-order valence-electron chi connectivity index (χ1n) is 8.44. The zero-order chi connectivity index (χ0) is 19.8. The molecule has 0 saturated carbocycles. The van der Waals surface area contributed by atoms with Crippen LogP contribution in [0.3, 0.4) is 0 Å². The van der Waals surface area contributed by atoms with Crippen molar-refractivity contribution in [1.82, 2.24) is 10.2 Å². The van der Waals surface area contributed by atoms with E-state index in [1.54, 1.807) is 31.2 Å². The molecule has 0 aliphatic carbocycles. The zero-order valence-electron chi connectivity index (χ0n) is 15.1. The second-order valence-corrected chi connectivity index (χ2v) is 6.49. The van der Waals surface area contributed by atoms with E-state index in [0.717, 1.165) is 0 Å². The summed E-state index contributed by atoms with van der Waals surface area (Å²) in [6.45, 7) is 3.99. The number of esters is 1. The quantitative estimate of drug-likeness (QED) is 0.537. The summed E-state index contributed by atoms with van der Waals surface area (Å²) in [5, 5.41) is 5.72. The molecule has 2 rings (SSSR count). The maximum atomic E-state index is 12.3. The van der Waals surface area contributed by atoms with Gasteiger partial charge in [-0.2, -0.15) is 0 Å². The van der Waals surface area contributed by atoms with Crippen LogP contribution in [0, 0.1) is 0 Å². The topological polar surface area (TPSA) is 105 Å². The van der Waals surface area contributed by atoms with Gasteiger partial charge in [-0.1, -0.05) is 17.8 Å². The van der Waals surface area contributed by atoms with Crippen molar-refractivity contribution in [3.05, 3.63) is 40.9 Å². The van der Waals surface area contributed by atoms with Crippen molar-refractivity contribution >= 4 is 41.1 Å². The van der Waals surface area contributed by atoms with Crippen LogP contribution < -0.4 is 10.6 Å². The Kier molecular flexibility index (Phi) is 7.42. The number of benzene rings is 1. The van der Waals surface area contributed by atoms with Crippen LogP contribution >= 0.6 is 11.8 Å². The molecule has 3 amide bonds. The number of carbonyl (C=O) groups is 4. The standard InChI is InChI=1S/C18H21N3O5S/c1-3-19-18(25)12-6-5-7-13(8-12)20-14(22)10-21-15(23)11-27-16(21)9-17(24)26-4-2/h5-9H,3-4,10-11H2,1-2H3,(H,19,25)(H,20,22)/b16-9-. The molecule has 1 aromatic carbocycles. The van der Waals surface area contributed by atoms with Gasteiger partial charge in [0.1, 0.15) is 6.54 Å². The van der Waals surface area contributed by atoms with Gasteiger partial charge in [-0.25, -0.2) is 4.79 Å².